The van der Waals surface area contributed by atoms with Crippen molar-refractivity contribution in [2.24, 2.45) is 5.92 Å². The first-order valence-corrected chi connectivity index (χ1v) is 8.63. The molecule has 3 nitrogen and oxygen atoms in total. The van der Waals surface area contributed by atoms with Crippen LogP contribution in [0.1, 0.15) is 19.4 Å². The van der Waals surface area contributed by atoms with Crippen LogP contribution < -0.4 is 10.9 Å². The van der Waals surface area contributed by atoms with Gasteiger partial charge in [-0.15, -0.1) is 0 Å². The largest absolute Gasteiger partial charge is 0.307 e. The number of nitrogens with zero attached hydrogens (tertiary/aromatic N) is 1. The molecule has 0 saturated heterocycles. The van der Waals surface area contributed by atoms with Crippen molar-refractivity contribution >= 4 is 38.1 Å². The fraction of sp³-hybridized carbons (Fsp3) is 0.182. The highest BCUT2D eigenvalue weighted by molar-refractivity contribution is 6.13. The molecule has 2 aromatic carbocycles. The van der Waals surface area contributed by atoms with Crippen LogP contribution in [0, 0.1) is 5.92 Å². The summed E-state index contributed by atoms with van der Waals surface area (Å²) >= 11 is 0. The molecule has 3 aromatic heterocycles. The minimum absolute atomic E-state index is 0.0149. The Bertz CT molecular complexity index is 1280. The Balaban J connectivity index is 2.10. The Morgan fingerprint density at radius 3 is 1.80 bits per heavy atom. The summed E-state index contributed by atoms with van der Waals surface area (Å²) in [7, 11) is 0. The van der Waals surface area contributed by atoms with E-state index in [0.717, 1.165) is 39.3 Å². The summed E-state index contributed by atoms with van der Waals surface area (Å²) in [5.41, 5.74) is 3.54. The molecule has 0 aliphatic rings. The van der Waals surface area contributed by atoms with Crippen molar-refractivity contribution in [3.63, 3.8) is 0 Å². The van der Waals surface area contributed by atoms with Crippen LogP contribution in [0.5, 0.6) is 0 Å². The molecule has 0 radical (unpaired) electrons. The van der Waals surface area contributed by atoms with Gasteiger partial charge in [-0.05, 0) is 30.0 Å². The summed E-state index contributed by atoms with van der Waals surface area (Å²) in [6.45, 7) is 4.28. The summed E-state index contributed by atoms with van der Waals surface area (Å²) < 4.78 is 2.08. The molecule has 3 heteroatoms. The molecule has 0 fully saturated rings. The average molecular weight is 327 g/mol. The molecule has 0 amide bonds. The zero-order chi connectivity index (χ0) is 17.3. The molecular formula is C22H17NO2. The van der Waals surface area contributed by atoms with Crippen molar-refractivity contribution in [1.29, 1.82) is 0 Å². The van der Waals surface area contributed by atoms with E-state index in [0.29, 0.717) is 16.7 Å². The van der Waals surface area contributed by atoms with Gasteiger partial charge in [0.2, 0.25) is 0 Å². The zero-order valence-electron chi connectivity index (χ0n) is 14.2. The molecule has 122 valence electrons. The minimum Gasteiger partial charge on any atom is -0.307 e. The van der Waals surface area contributed by atoms with E-state index in [9.17, 15) is 9.59 Å². The molecule has 0 N–H and O–H groups in total. The number of fused-ring (bicyclic) bond motifs is 3. The Kier molecular flexibility index (Phi) is 2.76. The summed E-state index contributed by atoms with van der Waals surface area (Å²) in [4.78, 5) is 25.7. The third kappa shape index (κ3) is 1.86. The molecule has 0 bridgehead atoms. The van der Waals surface area contributed by atoms with E-state index in [4.69, 9.17) is 0 Å². The summed E-state index contributed by atoms with van der Waals surface area (Å²) in [6.07, 6.45) is 0.855. The van der Waals surface area contributed by atoms with Crippen molar-refractivity contribution in [1.82, 2.24) is 4.40 Å². The Labute approximate surface area is 143 Å². The van der Waals surface area contributed by atoms with E-state index in [1.807, 2.05) is 36.4 Å². The highest BCUT2D eigenvalue weighted by Gasteiger charge is 2.18. The second-order valence-corrected chi connectivity index (χ2v) is 7.31. The first-order chi connectivity index (χ1) is 12.0. The van der Waals surface area contributed by atoms with Gasteiger partial charge in [0.25, 0.3) is 0 Å². The second kappa shape index (κ2) is 4.79. The second-order valence-electron chi connectivity index (χ2n) is 7.31. The first-order valence-electron chi connectivity index (χ1n) is 8.63. The normalized spacial score (nSPS) is 12.4. The van der Waals surface area contributed by atoms with E-state index in [1.54, 1.807) is 12.1 Å². The molecule has 0 aliphatic heterocycles. The van der Waals surface area contributed by atoms with Gasteiger partial charge < -0.3 is 4.40 Å². The predicted molar refractivity (Wildman–Crippen MR) is 103 cm³/mol. The molecule has 0 unspecified atom stereocenters. The quantitative estimate of drug-likeness (QED) is 0.487. The lowest BCUT2D eigenvalue weighted by Crippen LogP contribution is -2.11. The molecule has 0 atom stereocenters. The van der Waals surface area contributed by atoms with Crippen molar-refractivity contribution in [3.05, 3.63) is 74.5 Å². The van der Waals surface area contributed by atoms with Gasteiger partial charge in [0.15, 0.2) is 10.9 Å². The molecule has 5 aromatic rings. The van der Waals surface area contributed by atoms with E-state index in [-0.39, 0.29) is 10.9 Å². The SMILES string of the molecule is CC(C)Cc1cc2c(=O)cc3c4ccccc4c4cc(=O)c(c1)c2n34. The lowest BCUT2D eigenvalue weighted by Gasteiger charge is -2.11. The molecule has 0 aliphatic carbocycles. The fourth-order valence-electron chi connectivity index (χ4n) is 4.13. The van der Waals surface area contributed by atoms with E-state index < -0.39 is 0 Å². The highest BCUT2D eigenvalue weighted by atomic mass is 16.1. The van der Waals surface area contributed by atoms with Crippen LogP contribution in [0.2, 0.25) is 0 Å². The van der Waals surface area contributed by atoms with Gasteiger partial charge in [-0.3, -0.25) is 9.59 Å². The van der Waals surface area contributed by atoms with Crippen molar-refractivity contribution in [2.45, 2.75) is 20.3 Å². The van der Waals surface area contributed by atoms with Crippen LogP contribution in [0.15, 0.2) is 58.1 Å². The lowest BCUT2D eigenvalue weighted by atomic mass is 9.98. The molecule has 0 saturated carbocycles. The maximum Gasteiger partial charge on any atom is 0.190 e. The van der Waals surface area contributed by atoms with Crippen molar-refractivity contribution < 1.29 is 0 Å². The number of pyridine rings is 2. The van der Waals surface area contributed by atoms with Gasteiger partial charge in [0.1, 0.15) is 0 Å². The standard InChI is InChI=1S/C22H17NO2/c1-12(2)7-13-8-16-20(24)10-18-14-5-3-4-6-15(14)19-11-21(25)17(9-13)22(16)23(18)19/h3-6,8-12H,7H2,1-2H3. The van der Waals surface area contributed by atoms with Crippen LogP contribution in [0.4, 0.5) is 0 Å². The number of rotatable bonds is 2. The maximum absolute atomic E-state index is 12.8. The molecule has 0 spiro atoms. The molecular weight excluding hydrogens is 310 g/mol. The van der Waals surface area contributed by atoms with Crippen LogP contribution in [0.3, 0.4) is 0 Å². The summed E-state index contributed by atoms with van der Waals surface area (Å²) in [5, 5.41) is 3.31. The van der Waals surface area contributed by atoms with Crippen molar-refractivity contribution in [3.8, 4) is 0 Å². The third-order valence-corrected chi connectivity index (χ3v) is 5.06. The predicted octanol–water partition coefficient (Wildman–Crippen LogP) is 4.19. The highest BCUT2D eigenvalue weighted by Crippen LogP contribution is 2.32. The van der Waals surface area contributed by atoms with E-state index >= 15 is 0 Å². The van der Waals surface area contributed by atoms with Crippen molar-refractivity contribution in [2.75, 3.05) is 0 Å². The van der Waals surface area contributed by atoms with Gasteiger partial charge in [0, 0.05) is 33.7 Å². The molecule has 25 heavy (non-hydrogen) atoms. The van der Waals surface area contributed by atoms with Gasteiger partial charge in [0.05, 0.1) is 16.6 Å². The molecule has 5 rings (SSSR count). The average Bonchev–Trinajstić information content (AvgIpc) is 2.88. The van der Waals surface area contributed by atoms with E-state index in [1.165, 1.54) is 0 Å². The van der Waals surface area contributed by atoms with Crippen LogP contribution in [0.25, 0.3) is 38.1 Å². The van der Waals surface area contributed by atoms with Gasteiger partial charge in [-0.2, -0.15) is 0 Å². The van der Waals surface area contributed by atoms with E-state index in [2.05, 4.69) is 18.2 Å². The number of hydrogen-bond donors (Lipinski definition) is 0. The summed E-state index contributed by atoms with van der Waals surface area (Å²) in [5.74, 6) is 0.468. The third-order valence-electron chi connectivity index (χ3n) is 5.06. The first kappa shape index (κ1) is 14.4. The van der Waals surface area contributed by atoms with Gasteiger partial charge in [-0.1, -0.05) is 38.1 Å². The number of benzene rings is 2. The topological polar surface area (TPSA) is 38.5 Å². The number of hydrogen-bond acceptors (Lipinski definition) is 2. The van der Waals surface area contributed by atoms with Gasteiger partial charge >= 0.3 is 0 Å². The lowest BCUT2D eigenvalue weighted by molar-refractivity contribution is 0.648. The van der Waals surface area contributed by atoms with Crippen LogP contribution >= 0.6 is 0 Å². The van der Waals surface area contributed by atoms with Gasteiger partial charge in [-0.25, -0.2) is 0 Å². The fourth-order valence-corrected chi connectivity index (χ4v) is 4.13. The minimum atomic E-state index is -0.0149. The smallest absolute Gasteiger partial charge is 0.190 e. The number of aromatic nitrogens is 1. The monoisotopic (exact) mass is 327 g/mol. The molecule has 3 heterocycles. The summed E-state index contributed by atoms with van der Waals surface area (Å²) in [6, 6.07) is 15.3. The Morgan fingerprint density at radius 2 is 1.32 bits per heavy atom. The Hall–Kier alpha value is -2.94. The van der Waals surface area contributed by atoms with Crippen LogP contribution in [-0.2, 0) is 6.42 Å². The maximum atomic E-state index is 12.8. The zero-order valence-corrected chi connectivity index (χ0v) is 14.2. The Morgan fingerprint density at radius 1 is 0.800 bits per heavy atom. The van der Waals surface area contributed by atoms with Crippen LogP contribution in [-0.4, -0.2) is 4.40 Å².